The van der Waals surface area contributed by atoms with Gasteiger partial charge in [0.2, 0.25) is 15.9 Å². The summed E-state index contributed by atoms with van der Waals surface area (Å²) in [6, 6.07) is 14.3. The minimum Gasteiger partial charge on any atom is -0.446 e. The molecule has 0 spiro atoms. The average molecular weight is 504 g/mol. The summed E-state index contributed by atoms with van der Waals surface area (Å²) in [6.45, 7) is 6.33. The highest BCUT2D eigenvalue weighted by atomic mass is 32.2. The number of alkyl carbamates (subject to hydrolysis) is 1. The maximum absolute atomic E-state index is 13.1. The number of benzene rings is 2. The third kappa shape index (κ3) is 8.65. The fourth-order valence-electron chi connectivity index (χ4n) is 3.59. The second kappa shape index (κ2) is 11.7. The lowest BCUT2D eigenvalue weighted by molar-refractivity contribution is -0.118. The highest BCUT2D eigenvalue weighted by Crippen LogP contribution is 2.17. The molecule has 2 aromatic carbocycles. The van der Waals surface area contributed by atoms with Crippen molar-refractivity contribution in [3.8, 4) is 0 Å². The Balaban J connectivity index is 1.69. The van der Waals surface area contributed by atoms with Crippen molar-refractivity contribution in [1.82, 2.24) is 10.0 Å². The predicted molar refractivity (Wildman–Crippen MR) is 133 cm³/mol. The number of carbonyl (C=O) groups excluding carboxylic acids is 2. The molecule has 1 aliphatic heterocycles. The van der Waals surface area contributed by atoms with E-state index in [0.29, 0.717) is 31.7 Å². The highest BCUT2D eigenvalue weighted by Gasteiger charge is 2.26. The van der Waals surface area contributed by atoms with Gasteiger partial charge in [0, 0.05) is 30.5 Å². The highest BCUT2D eigenvalue weighted by molar-refractivity contribution is 7.89. The first kappa shape index (κ1) is 26.7. The molecule has 3 rings (SSSR count). The Hall–Kier alpha value is -2.95. The van der Waals surface area contributed by atoms with Gasteiger partial charge in [0.25, 0.3) is 0 Å². The summed E-state index contributed by atoms with van der Waals surface area (Å²) in [4.78, 5) is 25.7. The Kier molecular flexibility index (Phi) is 8.87. The van der Waals surface area contributed by atoms with Gasteiger partial charge in [0.05, 0.1) is 18.1 Å². The van der Waals surface area contributed by atoms with Gasteiger partial charge < -0.3 is 20.1 Å². The Morgan fingerprint density at radius 1 is 1.03 bits per heavy atom. The van der Waals surface area contributed by atoms with Crippen molar-refractivity contribution in [2.45, 2.75) is 62.6 Å². The zero-order valence-electron chi connectivity index (χ0n) is 20.2. The van der Waals surface area contributed by atoms with Gasteiger partial charge in [-0.2, -0.15) is 0 Å². The van der Waals surface area contributed by atoms with Gasteiger partial charge in [-0.15, -0.1) is 0 Å². The molecule has 10 heteroatoms. The zero-order chi connectivity index (χ0) is 25.5. The number of rotatable bonds is 8. The molecule has 2 amide bonds. The second-order valence-corrected chi connectivity index (χ2v) is 11.2. The number of ether oxygens (including phenoxy) is 2. The van der Waals surface area contributed by atoms with Crippen LogP contribution in [0, 0.1) is 0 Å². The van der Waals surface area contributed by atoms with Crippen LogP contribution in [-0.4, -0.2) is 51.3 Å². The van der Waals surface area contributed by atoms with Crippen LogP contribution in [0.1, 0.15) is 39.2 Å². The Labute approximate surface area is 206 Å². The molecule has 3 N–H and O–H groups in total. The van der Waals surface area contributed by atoms with Crippen molar-refractivity contribution >= 4 is 27.7 Å². The summed E-state index contributed by atoms with van der Waals surface area (Å²) in [5, 5.41) is 5.43. The van der Waals surface area contributed by atoms with Gasteiger partial charge in [-0.05, 0) is 50.6 Å². The number of hydrogen-bond acceptors (Lipinski definition) is 6. The van der Waals surface area contributed by atoms with Crippen molar-refractivity contribution in [3.05, 3.63) is 60.2 Å². The van der Waals surface area contributed by atoms with Crippen LogP contribution in [0.15, 0.2) is 59.5 Å². The van der Waals surface area contributed by atoms with Gasteiger partial charge in [-0.3, -0.25) is 4.79 Å². The van der Waals surface area contributed by atoms with E-state index in [0.717, 1.165) is 5.56 Å². The Morgan fingerprint density at radius 3 is 2.26 bits per heavy atom. The van der Waals surface area contributed by atoms with E-state index in [9.17, 15) is 18.0 Å². The van der Waals surface area contributed by atoms with Gasteiger partial charge in [0.15, 0.2) is 0 Å². The summed E-state index contributed by atoms with van der Waals surface area (Å²) in [7, 11) is -3.70. The number of anilines is 1. The lowest BCUT2D eigenvalue weighted by Crippen LogP contribution is -2.46. The lowest BCUT2D eigenvalue weighted by atomic mass is 10.1. The molecular weight excluding hydrogens is 470 g/mol. The van der Waals surface area contributed by atoms with E-state index < -0.39 is 33.6 Å². The smallest absolute Gasteiger partial charge is 0.408 e. The van der Waals surface area contributed by atoms with E-state index >= 15 is 0 Å². The van der Waals surface area contributed by atoms with Crippen LogP contribution in [-0.2, 0) is 30.7 Å². The maximum Gasteiger partial charge on any atom is 0.408 e. The van der Waals surface area contributed by atoms with E-state index in [1.165, 1.54) is 24.3 Å². The number of nitrogens with one attached hydrogen (secondary N) is 3. The molecule has 9 nitrogen and oxygen atoms in total. The number of amides is 2. The molecule has 190 valence electrons. The molecule has 1 unspecified atom stereocenters. The van der Waals surface area contributed by atoms with Crippen LogP contribution in [0.2, 0.25) is 0 Å². The van der Waals surface area contributed by atoms with Crippen molar-refractivity contribution in [2.75, 3.05) is 18.5 Å². The molecule has 0 saturated carbocycles. The Bertz CT molecular complexity index is 1090. The van der Waals surface area contributed by atoms with E-state index in [1.807, 2.05) is 30.3 Å². The molecule has 0 bridgehead atoms. The minimum atomic E-state index is -3.70. The predicted octanol–water partition coefficient (Wildman–Crippen LogP) is 3.22. The normalized spacial score (nSPS) is 15.7. The molecule has 1 aliphatic rings. The molecular formula is C25H33N3O6S. The zero-order valence-corrected chi connectivity index (χ0v) is 21.1. The summed E-state index contributed by atoms with van der Waals surface area (Å²) in [5.41, 5.74) is 0.650. The lowest BCUT2D eigenvalue weighted by Gasteiger charge is -2.24. The molecule has 1 atom stereocenters. The molecule has 2 aromatic rings. The molecule has 0 aromatic heterocycles. The number of sulfonamides is 1. The summed E-state index contributed by atoms with van der Waals surface area (Å²) >= 11 is 0. The van der Waals surface area contributed by atoms with Gasteiger partial charge in [0.1, 0.15) is 12.1 Å². The third-order valence-corrected chi connectivity index (χ3v) is 6.98. The fourth-order valence-corrected chi connectivity index (χ4v) is 5.01. The number of carbonyl (C=O) groups is 2. The maximum atomic E-state index is 13.1. The summed E-state index contributed by atoms with van der Waals surface area (Å²) in [5.74, 6) is -0.443. The fraction of sp³-hybridized carbons (Fsp3) is 0.440. The largest absolute Gasteiger partial charge is 0.446 e. The molecule has 1 heterocycles. The first-order valence-corrected chi connectivity index (χ1v) is 13.0. The van der Waals surface area contributed by atoms with Gasteiger partial charge in [-0.25, -0.2) is 17.9 Å². The van der Waals surface area contributed by atoms with Gasteiger partial charge in [-0.1, -0.05) is 30.3 Å². The molecule has 0 radical (unpaired) electrons. The van der Waals surface area contributed by atoms with Crippen LogP contribution in [0.25, 0.3) is 0 Å². The second-order valence-electron chi connectivity index (χ2n) is 9.47. The van der Waals surface area contributed by atoms with Crippen LogP contribution in [0.4, 0.5) is 10.5 Å². The third-order valence-electron chi connectivity index (χ3n) is 5.21. The monoisotopic (exact) mass is 503 g/mol. The van der Waals surface area contributed by atoms with E-state index in [-0.39, 0.29) is 17.4 Å². The van der Waals surface area contributed by atoms with Gasteiger partial charge >= 0.3 is 6.09 Å². The quantitative estimate of drug-likeness (QED) is 0.508. The minimum absolute atomic E-state index is 0.0874. The van der Waals surface area contributed by atoms with Crippen LogP contribution in [0.3, 0.4) is 0 Å². The number of hydrogen-bond donors (Lipinski definition) is 3. The first-order valence-electron chi connectivity index (χ1n) is 11.6. The van der Waals surface area contributed by atoms with Crippen molar-refractivity contribution in [1.29, 1.82) is 0 Å². The summed E-state index contributed by atoms with van der Waals surface area (Å²) < 4.78 is 38.4. The van der Waals surface area contributed by atoms with Crippen LogP contribution >= 0.6 is 0 Å². The summed E-state index contributed by atoms with van der Waals surface area (Å²) in [6.07, 6.45) is 0.574. The van der Waals surface area contributed by atoms with Crippen LogP contribution in [0.5, 0.6) is 0 Å². The average Bonchev–Trinajstić information content (AvgIpc) is 2.79. The van der Waals surface area contributed by atoms with Crippen molar-refractivity contribution in [3.63, 3.8) is 0 Å². The van der Waals surface area contributed by atoms with E-state index in [2.05, 4.69) is 15.4 Å². The molecule has 0 aliphatic carbocycles. The SMILES string of the molecule is CC(C)(C)NS(=O)(=O)c1ccc(NC(=O)C(Cc2ccccc2)NC(=O)OC2CCOCC2)cc1. The molecule has 1 fully saturated rings. The van der Waals surface area contributed by atoms with E-state index in [4.69, 9.17) is 9.47 Å². The molecule has 35 heavy (non-hydrogen) atoms. The van der Waals surface area contributed by atoms with E-state index in [1.54, 1.807) is 20.8 Å². The first-order chi connectivity index (χ1) is 16.5. The van der Waals surface area contributed by atoms with Crippen molar-refractivity contribution in [2.24, 2.45) is 0 Å². The molecule has 1 saturated heterocycles. The standard InChI is InChI=1S/C25H33N3O6S/c1-25(2,3)28-35(31,32)21-11-9-19(10-12-21)26-23(29)22(17-18-7-5-4-6-8-18)27-24(30)34-20-13-15-33-16-14-20/h4-12,20,22,28H,13-17H2,1-3H3,(H,26,29)(H,27,30). The topological polar surface area (TPSA) is 123 Å². The van der Waals surface area contributed by atoms with Crippen LogP contribution < -0.4 is 15.4 Å². The Morgan fingerprint density at radius 2 is 1.66 bits per heavy atom. The van der Waals surface area contributed by atoms with Crippen molar-refractivity contribution < 1.29 is 27.5 Å².